The van der Waals surface area contributed by atoms with E-state index in [1.807, 2.05) is 0 Å². The number of hydrogen-bond acceptors (Lipinski definition) is 0. The zero-order valence-electron chi connectivity index (χ0n) is 28.3. The van der Waals surface area contributed by atoms with Crippen molar-refractivity contribution in [1.29, 1.82) is 0 Å². The molecule has 0 aliphatic rings. The van der Waals surface area contributed by atoms with Gasteiger partial charge in [0.05, 0.1) is 0 Å². The van der Waals surface area contributed by atoms with Gasteiger partial charge >= 0.3 is 0 Å². The van der Waals surface area contributed by atoms with Gasteiger partial charge in [-0.05, 0) is 5.92 Å². The Morgan fingerprint density at radius 3 is 0.590 bits per heavy atom. The number of rotatable bonds is 35. The molecule has 0 aliphatic heterocycles. The monoisotopic (exact) mass is 549 g/mol. The number of unbranched alkanes of at least 4 members (excludes halogenated alkanes) is 30. The van der Waals surface area contributed by atoms with Gasteiger partial charge in [0.15, 0.2) is 0 Å². The van der Waals surface area contributed by atoms with Crippen LogP contribution in [0.2, 0.25) is 0 Å². The Morgan fingerprint density at radius 1 is 0.231 bits per heavy atom. The smallest absolute Gasteiger partial charge is 0.0417 e. The lowest BCUT2D eigenvalue weighted by Gasteiger charge is -2.14. The van der Waals surface area contributed by atoms with Crippen molar-refractivity contribution in [1.82, 2.24) is 0 Å². The maximum Gasteiger partial charge on any atom is -0.0417 e. The molecule has 1 atom stereocenters. The minimum absolute atomic E-state index is 1.02. The van der Waals surface area contributed by atoms with Crippen LogP contribution in [-0.2, 0) is 0 Å². The summed E-state index contributed by atoms with van der Waals surface area (Å²) in [6.45, 7) is 7.05. The van der Waals surface area contributed by atoms with Crippen molar-refractivity contribution in [3.63, 3.8) is 0 Å². The first-order valence-corrected chi connectivity index (χ1v) is 19.3. The Bertz CT molecular complexity index is 399. The van der Waals surface area contributed by atoms with Gasteiger partial charge in [-0.1, -0.05) is 245 Å². The molecule has 0 aromatic heterocycles. The quantitative estimate of drug-likeness (QED) is 0.0691. The average molecular weight is 549 g/mol. The molecule has 0 spiro atoms. The second kappa shape index (κ2) is 36.0. The van der Waals surface area contributed by atoms with Crippen LogP contribution in [0.3, 0.4) is 0 Å². The van der Waals surface area contributed by atoms with Crippen LogP contribution < -0.4 is 0 Å². The summed E-state index contributed by atoms with van der Waals surface area (Å²) < 4.78 is 0. The summed E-state index contributed by atoms with van der Waals surface area (Å²) in [4.78, 5) is 0. The zero-order valence-corrected chi connectivity index (χ0v) is 28.3. The molecule has 0 rings (SSSR count). The van der Waals surface area contributed by atoms with Gasteiger partial charge in [0.25, 0.3) is 0 Å². The second-order valence-electron chi connectivity index (χ2n) is 13.5. The van der Waals surface area contributed by atoms with E-state index in [0.29, 0.717) is 0 Å². The van der Waals surface area contributed by atoms with Gasteiger partial charge < -0.3 is 0 Å². The van der Waals surface area contributed by atoms with Gasteiger partial charge in [0, 0.05) is 0 Å². The molecule has 0 radical (unpaired) electrons. The van der Waals surface area contributed by atoms with Crippen LogP contribution in [0.25, 0.3) is 0 Å². The first-order valence-electron chi connectivity index (χ1n) is 19.3. The molecule has 39 heavy (non-hydrogen) atoms. The molecular weight excluding hydrogens is 468 g/mol. The van der Waals surface area contributed by atoms with Gasteiger partial charge in [-0.25, -0.2) is 0 Å². The van der Waals surface area contributed by atoms with E-state index < -0.39 is 0 Å². The van der Waals surface area contributed by atoms with Crippen LogP contribution in [0, 0.1) is 5.92 Å². The van der Waals surface area contributed by atoms with Gasteiger partial charge in [0.2, 0.25) is 0 Å². The van der Waals surface area contributed by atoms with E-state index >= 15 is 0 Å². The molecule has 1 unspecified atom stereocenters. The second-order valence-corrected chi connectivity index (χ2v) is 13.5. The van der Waals surface area contributed by atoms with Crippen molar-refractivity contribution in [3.05, 3.63) is 0 Å². The first-order chi connectivity index (χ1) is 19.3. The Kier molecular flexibility index (Phi) is 36.0. The molecule has 0 heteroatoms. The van der Waals surface area contributed by atoms with Gasteiger partial charge in [-0.2, -0.15) is 0 Å². The fourth-order valence-corrected chi connectivity index (χ4v) is 6.51. The van der Waals surface area contributed by atoms with Crippen molar-refractivity contribution >= 4 is 0 Å². The Morgan fingerprint density at radius 2 is 0.410 bits per heavy atom. The van der Waals surface area contributed by atoms with Gasteiger partial charge in [-0.15, -0.1) is 0 Å². The lowest BCUT2D eigenvalue weighted by molar-refractivity contribution is 0.392. The fraction of sp³-hybridized carbons (Fsp3) is 1.00. The highest BCUT2D eigenvalue weighted by atomic mass is 14.1. The molecule has 0 fully saturated rings. The third-order valence-electron chi connectivity index (χ3n) is 9.51. The molecule has 0 heterocycles. The lowest BCUT2D eigenvalue weighted by Crippen LogP contribution is -1.99. The van der Waals surface area contributed by atoms with E-state index in [4.69, 9.17) is 0 Å². The van der Waals surface area contributed by atoms with E-state index in [1.54, 1.807) is 0 Å². The van der Waals surface area contributed by atoms with Crippen LogP contribution in [-0.4, -0.2) is 0 Å². The molecule has 0 nitrogen and oxygen atoms in total. The molecule has 236 valence electrons. The van der Waals surface area contributed by atoms with E-state index in [2.05, 4.69) is 20.8 Å². The maximum absolute atomic E-state index is 2.43. The lowest BCUT2D eigenvalue weighted by atomic mass is 9.92. The minimum atomic E-state index is 1.02. The van der Waals surface area contributed by atoms with Gasteiger partial charge in [0.1, 0.15) is 0 Å². The highest BCUT2D eigenvalue weighted by Gasteiger charge is 2.06. The average Bonchev–Trinajstić information content (AvgIpc) is 2.95. The largest absolute Gasteiger partial charge is 0.0654 e. The van der Waals surface area contributed by atoms with Crippen LogP contribution in [0.15, 0.2) is 0 Å². The minimum Gasteiger partial charge on any atom is -0.0654 e. The molecule has 0 aliphatic carbocycles. The zero-order chi connectivity index (χ0) is 28.3. The van der Waals surface area contributed by atoms with Crippen molar-refractivity contribution in [2.24, 2.45) is 5.92 Å². The van der Waals surface area contributed by atoms with Crippen molar-refractivity contribution < 1.29 is 0 Å². The standard InChI is InChI=1S/C39H80/c1-4-7-9-11-13-15-17-19-20-21-22-23-24-26-28-30-32-34-36-38-39(6-3)37-35-33-31-29-27-25-18-16-14-12-10-8-5-2/h39H,4-38H2,1-3H3. The van der Waals surface area contributed by atoms with Crippen LogP contribution in [0.1, 0.15) is 245 Å². The van der Waals surface area contributed by atoms with Crippen LogP contribution in [0.4, 0.5) is 0 Å². The van der Waals surface area contributed by atoms with Crippen molar-refractivity contribution in [2.45, 2.75) is 245 Å². The fourth-order valence-electron chi connectivity index (χ4n) is 6.51. The molecule has 0 aromatic carbocycles. The number of hydrogen-bond donors (Lipinski definition) is 0. The summed E-state index contributed by atoms with van der Waals surface area (Å²) in [5.74, 6) is 1.02. The van der Waals surface area contributed by atoms with Crippen LogP contribution >= 0.6 is 0 Å². The van der Waals surface area contributed by atoms with E-state index in [-0.39, 0.29) is 0 Å². The highest BCUT2D eigenvalue weighted by molar-refractivity contribution is 4.59. The Hall–Kier alpha value is 0. The Balaban J connectivity index is 3.24. The molecule has 0 amide bonds. The molecule has 0 saturated heterocycles. The normalized spacial score (nSPS) is 12.4. The third kappa shape index (κ3) is 34.1. The molecule has 0 aromatic rings. The highest BCUT2D eigenvalue weighted by Crippen LogP contribution is 2.22. The van der Waals surface area contributed by atoms with Crippen LogP contribution in [0.5, 0.6) is 0 Å². The Labute approximate surface area is 251 Å². The SMILES string of the molecule is CCCCCCCCCCCCCCCCCCCCCC(CC)CCCCCCCCCCCCCCC. The van der Waals surface area contributed by atoms with E-state index in [1.165, 1.54) is 225 Å². The van der Waals surface area contributed by atoms with E-state index in [0.717, 1.165) is 5.92 Å². The van der Waals surface area contributed by atoms with E-state index in [9.17, 15) is 0 Å². The molecular formula is C39H80. The summed E-state index contributed by atoms with van der Waals surface area (Å²) in [5.41, 5.74) is 0. The summed E-state index contributed by atoms with van der Waals surface area (Å²) in [7, 11) is 0. The summed E-state index contributed by atoms with van der Waals surface area (Å²) in [6.07, 6.45) is 51.8. The third-order valence-corrected chi connectivity index (χ3v) is 9.51. The van der Waals surface area contributed by atoms with Crippen molar-refractivity contribution in [3.8, 4) is 0 Å². The van der Waals surface area contributed by atoms with Gasteiger partial charge in [-0.3, -0.25) is 0 Å². The predicted octanol–water partition coefficient (Wildman–Crippen LogP) is 15.3. The summed E-state index contributed by atoms with van der Waals surface area (Å²) in [6, 6.07) is 0. The predicted molar refractivity (Wildman–Crippen MR) is 182 cm³/mol. The van der Waals surface area contributed by atoms with Crippen molar-refractivity contribution in [2.75, 3.05) is 0 Å². The first kappa shape index (κ1) is 39.0. The molecule has 0 bridgehead atoms. The molecule has 0 N–H and O–H groups in total. The maximum atomic E-state index is 2.43. The molecule has 0 saturated carbocycles. The summed E-state index contributed by atoms with van der Waals surface area (Å²) >= 11 is 0. The summed E-state index contributed by atoms with van der Waals surface area (Å²) in [5, 5.41) is 0. The topological polar surface area (TPSA) is 0 Å².